The van der Waals surface area contributed by atoms with Gasteiger partial charge in [0, 0.05) is 19.3 Å². The lowest BCUT2D eigenvalue weighted by atomic mass is 10.1. The summed E-state index contributed by atoms with van der Waals surface area (Å²) in [7, 11) is 1.80. The average Bonchev–Trinajstić information content (AvgIpc) is 2.86. The molecule has 0 saturated heterocycles. The Morgan fingerprint density at radius 3 is 2.76 bits per heavy atom. The Morgan fingerprint density at radius 2 is 2.14 bits per heavy atom. The molecule has 1 aromatic carbocycles. The number of benzene rings is 1. The molecule has 5 heteroatoms. The number of nitrogen functional groups attached to an aromatic ring is 1. The number of rotatable bonds is 4. The van der Waals surface area contributed by atoms with E-state index in [0.717, 1.165) is 11.3 Å². The summed E-state index contributed by atoms with van der Waals surface area (Å²) >= 11 is 0. The number of carbonyl (C=O) groups is 1. The molecule has 0 fully saturated rings. The summed E-state index contributed by atoms with van der Waals surface area (Å²) in [6.45, 7) is 6.54. The monoisotopic (exact) mass is 286 g/mol. The Bertz CT molecular complexity index is 647. The van der Waals surface area contributed by atoms with Crippen molar-refractivity contribution in [2.24, 2.45) is 0 Å². The van der Waals surface area contributed by atoms with Crippen molar-refractivity contribution in [3.8, 4) is 0 Å². The van der Waals surface area contributed by atoms with Crippen LogP contribution in [0.1, 0.15) is 41.6 Å². The molecule has 2 rings (SSSR count). The lowest BCUT2D eigenvalue weighted by molar-refractivity contribution is 0.0730. The summed E-state index contributed by atoms with van der Waals surface area (Å²) in [6.07, 6.45) is 0. The minimum Gasteiger partial charge on any atom is -0.399 e. The molecule has 1 unspecified atom stereocenters. The number of carbonyl (C=O) groups excluding carboxylic acids is 1. The van der Waals surface area contributed by atoms with Gasteiger partial charge in [-0.05, 0) is 44.5 Å². The van der Waals surface area contributed by atoms with E-state index in [0.29, 0.717) is 17.9 Å². The quantitative estimate of drug-likeness (QED) is 0.879. The summed E-state index contributed by atoms with van der Waals surface area (Å²) in [5.74, 6) is -0.0348. The summed E-state index contributed by atoms with van der Waals surface area (Å²) < 4.78 is 1.74. The zero-order valence-corrected chi connectivity index (χ0v) is 13.0. The second-order valence-electron chi connectivity index (χ2n) is 5.25. The van der Waals surface area contributed by atoms with E-state index < -0.39 is 0 Å². The Kier molecular flexibility index (Phi) is 4.31. The van der Waals surface area contributed by atoms with E-state index in [9.17, 15) is 4.79 Å². The van der Waals surface area contributed by atoms with Crippen molar-refractivity contribution >= 4 is 11.6 Å². The van der Waals surface area contributed by atoms with Crippen molar-refractivity contribution in [3.05, 3.63) is 47.3 Å². The molecule has 0 aliphatic rings. The highest BCUT2D eigenvalue weighted by molar-refractivity contribution is 5.92. The number of nitrogens with two attached hydrogens (primary N) is 1. The normalized spacial score (nSPS) is 12.2. The number of amides is 1. The van der Waals surface area contributed by atoms with E-state index in [2.05, 4.69) is 5.10 Å². The largest absolute Gasteiger partial charge is 0.399 e. The van der Waals surface area contributed by atoms with Crippen molar-refractivity contribution < 1.29 is 4.79 Å². The molecule has 5 nitrogen and oxygen atoms in total. The van der Waals surface area contributed by atoms with Crippen molar-refractivity contribution in [2.45, 2.75) is 33.4 Å². The van der Waals surface area contributed by atoms with Gasteiger partial charge in [-0.25, -0.2) is 0 Å². The van der Waals surface area contributed by atoms with Crippen LogP contribution in [-0.2, 0) is 6.54 Å². The minimum absolute atomic E-state index is 0.0348. The first-order chi connectivity index (χ1) is 9.93. The summed E-state index contributed by atoms with van der Waals surface area (Å²) in [5.41, 5.74) is 9.01. The SMILES string of the molecule is CCn1nc(C)cc1C(=O)N(C)C(C)c1cccc(N)c1. The van der Waals surface area contributed by atoms with Gasteiger partial charge in [-0.15, -0.1) is 0 Å². The first kappa shape index (κ1) is 15.1. The van der Waals surface area contributed by atoms with Gasteiger partial charge in [0.15, 0.2) is 0 Å². The molecule has 0 spiro atoms. The predicted octanol–water partition coefficient (Wildman–Crippen LogP) is 2.63. The minimum atomic E-state index is -0.0542. The fourth-order valence-electron chi connectivity index (χ4n) is 2.36. The van der Waals surface area contributed by atoms with Gasteiger partial charge in [-0.2, -0.15) is 5.10 Å². The van der Waals surface area contributed by atoms with Crippen LogP contribution in [0.4, 0.5) is 5.69 Å². The van der Waals surface area contributed by atoms with E-state index in [-0.39, 0.29) is 11.9 Å². The van der Waals surface area contributed by atoms with E-state index >= 15 is 0 Å². The smallest absolute Gasteiger partial charge is 0.272 e. The Morgan fingerprint density at radius 1 is 1.43 bits per heavy atom. The number of aromatic nitrogens is 2. The molecule has 2 N–H and O–H groups in total. The van der Waals surface area contributed by atoms with Crippen LogP contribution in [0.2, 0.25) is 0 Å². The first-order valence-electron chi connectivity index (χ1n) is 7.11. The molecule has 1 atom stereocenters. The second-order valence-corrected chi connectivity index (χ2v) is 5.25. The van der Waals surface area contributed by atoms with Gasteiger partial charge in [-0.3, -0.25) is 9.48 Å². The second kappa shape index (κ2) is 5.99. The third kappa shape index (κ3) is 3.07. The molecular formula is C16H22N4O. The molecular weight excluding hydrogens is 264 g/mol. The third-order valence-corrected chi connectivity index (χ3v) is 3.72. The van der Waals surface area contributed by atoms with Crippen LogP contribution in [0.25, 0.3) is 0 Å². The van der Waals surface area contributed by atoms with E-state index in [1.807, 2.05) is 51.1 Å². The molecule has 112 valence electrons. The van der Waals surface area contributed by atoms with Crippen LogP contribution in [0.5, 0.6) is 0 Å². The van der Waals surface area contributed by atoms with Crippen LogP contribution < -0.4 is 5.73 Å². The highest BCUT2D eigenvalue weighted by Gasteiger charge is 2.22. The van der Waals surface area contributed by atoms with Crippen LogP contribution in [0, 0.1) is 6.92 Å². The average molecular weight is 286 g/mol. The van der Waals surface area contributed by atoms with Crippen molar-refractivity contribution in [2.75, 3.05) is 12.8 Å². The van der Waals surface area contributed by atoms with Crippen molar-refractivity contribution in [3.63, 3.8) is 0 Å². The molecule has 2 aromatic rings. The molecule has 0 bridgehead atoms. The molecule has 0 aliphatic heterocycles. The maximum absolute atomic E-state index is 12.7. The van der Waals surface area contributed by atoms with Crippen LogP contribution in [0.3, 0.4) is 0 Å². The van der Waals surface area contributed by atoms with Gasteiger partial charge in [0.25, 0.3) is 5.91 Å². The number of nitrogens with zero attached hydrogens (tertiary/aromatic N) is 3. The molecule has 1 aromatic heterocycles. The lowest BCUT2D eigenvalue weighted by Crippen LogP contribution is -2.31. The zero-order chi connectivity index (χ0) is 15.6. The van der Waals surface area contributed by atoms with E-state index in [1.54, 1.807) is 16.6 Å². The lowest BCUT2D eigenvalue weighted by Gasteiger charge is -2.25. The highest BCUT2D eigenvalue weighted by atomic mass is 16.2. The van der Waals surface area contributed by atoms with Crippen LogP contribution >= 0.6 is 0 Å². The number of hydrogen-bond acceptors (Lipinski definition) is 3. The van der Waals surface area contributed by atoms with Gasteiger partial charge < -0.3 is 10.6 Å². The Labute approximate surface area is 125 Å². The molecule has 21 heavy (non-hydrogen) atoms. The highest BCUT2D eigenvalue weighted by Crippen LogP contribution is 2.22. The molecule has 0 radical (unpaired) electrons. The van der Waals surface area contributed by atoms with Gasteiger partial charge in [0.05, 0.1) is 11.7 Å². The number of hydrogen-bond donors (Lipinski definition) is 1. The van der Waals surface area contributed by atoms with Crippen LogP contribution in [0.15, 0.2) is 30.3 Å². The zero-order valence-electron chi connectivity index (χ0n) is 13.0. The molecule has 0 saturated carbocycles. The fourth-order valence-corrected chi connectivity index (χ4v) is 2.36. The van der Waals surface area contributed by atoms with Crippen LogP contribution in [-0.4, -0.2) is 27.6 Å². The topological polar surface area (TPSA) is 64.2 Å². The fraction of sp³-hybridized carbons (Fsp3) is 0.375. The van der Waals surface area contributed by atoms with Crippen molar-refractivity contribution in [1.29, 1.82) is 0 Å². The first-order valence-corrected chi connectivity index (χ1v) is 7.11. The summed E-state index contributed by atoms with van der Waals surface area (Å²) in [6, 6.07) is 9.40. The Balaban J connectivity index is 2.26. The third-order valence-electron chi connectivity index (χ3n) is 3.72. The maximum Gasteiger partial charge on any atom is 0.272 e. The summed E-state index contributed by atoms with van der Waals surface area (Å²) in [4.78, 5) is 14.4. The summed E-state index contributed by atoms with van der Waals surface area (Å²) in [5, 5.41) is 4.33. The van der Waals surface area contributed by atoms with Gasteiger partial charge in [0.1, 0.15) is 5.69 Å². The van der Waals surface area contributed by atoms with E-state index in [4.69, 9.17) is 5.73 Å². The molecule has 1 heterocycles. The number of aryl methyl sites for hydroxylation is 2. The maximum atomic E-state index is 12.7. The van der Waals surface area contributed by atoms with Gasteiger partial charge >= 0.3 is 0 Å². The molecule has 1 amide bonds. The number of anilines is 1. The standard InChI is InChI=1S/C16H22N4O/c1-5-20-15(9-11(2)18-20)16(21)19(4)12(3)13-7-6-8-14(17)10-13/h6-10,12H,5,17H2,1-4H3. The molecule has 0 aliphatic carbocycles. The van der Waals surface area contributed by atoms with Gasteiger partial charge in [-0.1, -0.05) is 12.1 Å². The predicted molar refractivity (Wildman–Crippen MR) is 84.0 cm³/mol. The van der Waals surface area contributed by atoms with Crippen molar-refractivity contribution in [1.82, 2.24) is 14.7 Å². The Hall–Kier alpha value is -2.30. The van der Waals surface area contributed by atoms with Gasteiger partial charge in [0.2, 0.25) is 0 Å². The van der Waals surface area contributed by atoms with E-state index in [1.165, 1.54) is 0 Å².